The van der Waals surface area contributed by atoms with Crippen LogP contribution in [0.2, 0.25) is 0 Å². The number of methoxy groups -OCH3 is 1. The van der Waals surface area contributed by atoms with Crippen LogP contribution in [-0.2, 0) is 24.5 Å². The Labute approximate surface area is 183 Å². The number of halogens is 1. The fraction of sp³-hybridized carbons (Fsp3) is 0.167. The van der Waals surface area contributed by atoms with E-state index in [1.165, 1.54) is 24.5 Å². The van der Waals surface area contributed by atoms with Crippen LogP contribution >= 0.6 is 11.3 Å². The third-order valence-corrected chi connectivity index (χ3v) is 5.94. The Bertz CT molecular complexity index is 1180. The molecule has 0 spiro atoms. The van der Waals surface area contributed by atoms with Crippen molar-refractivity contribution >= 4 is 27.3 Å². The van der Waals surface area contributed by atoms with Crippen molar-refractivity contribution in [2.45, 2.75) is 19.8 Å². The van der Waals surface area contributed by atoms with Gasteiger partial charge in [0.2, 0.25) is 0 Å². The number of carbonyl (C=O) groups is 1. The number of rotatable bonds is 8. The first kappa shape index (κ1) is 21.0. The van der Waals surface area contributed by atoms with E-state index in [1.807, 2.05) is 48.5 Å². The molecule has 1 amide bonds. The maximum absolute atomic E-state index is 14.3. The molecule has 0 saturated carbocycles. The summed E-state index contributed by atoms with van der Waals surface area (Å²) in [5.41, 5.74) is 2.36. The third-order valence-electron chi connectivity index (χ3n) is 4.75. The lowest BCUT2D eigenvalue weighted by Gasteiger charge is -2.09. The minimum Gasteiger partial charge on any atom is -0.487 e. The lowest BCUT2D eigenvalue weighted by Crippen LogP contribution is -2.23. The van der Waals surface area contributed by atoms with Gasteiger partial charge in [-0.1, -0.05) is 24.3 Å². The van der Waals surface area contributed by atoms with E-state index in [-0.39, 0.29) is 18.3 Å². The van der Waals surface area contributed by atoms with Gasteiger partial charge < -0.3 is 14.8 Å². The second kappa shape index (κ2) is 9.68. The second-order valence-electron chi connectivity index (χ2n) is 6.89. The number of nitrogens with one attached hydrogen (secondary N) is 1. The van der Waals surface area contributed by atoms with Gasteiger partial charge in [-0.15, -0.1) is 11.3 Å². The molecule has 2 heterocycles. The summed E-state index contributed by atoms with van der Waals surface area (Å²) in [7, 11) is 1.53. The molecule has 0 saturated heterocycles. The van der Waals surface area contributed by atoms with Crippen LogP contribution in [0, 0.1) is 5.82 Å². The van der Waals surface area contributed by atoms with Crippen LogP contribution in [0.5, 0.6) is 5.75 Å². The van der Waals surface area contributed by atoms with Crippen molar-refractivity contribution in [2.24, 2.45) is 0 Å². The largest absolute Gasteiger partial charge is 0.487 e. The van der Waals surface area contributed by atoms with Gasteiger partial charge in [-0.3, -0.25) is 9.78 Å². The molecule has 0 aliphatic heterocycles. The number of pyridine rings is 1. The van der Waals surface area contributed by atoms with E-state index in [0.29, 0.717) is 29.0 Å². The van der Waals surface area contributed by atoms with Gasteiger partial charge in [-0.2, -0.15) is 0 Å². The SMILES string of the molecule is COCc1c(C(=O)NCc2ccc(OCc3ccccn3)cc2)sc2cccc(F)c12. The molecule has 2 aromatic heterocycles. The zero-order chi connectivity index (χ0) is 21.6. The third kappa shape index (κ3) is 4.90. The summed E-state index contributed by atoms with van der Waals surface area (Å²) in [5, 5.41) is 3.37. The topological polar surface area (TPSA) is 60.5 Å². The normalized spacial score (nSPS) is 10.9. The highest BCUT2D eigenvalue weighted by molar-refractivity contribution is 7.21. The number of fused-ring (bicyclic) bond motifs is 1. The number of amides is 1. The maximum atomic E-state index is 14.3. The molecule has 0 aliphatic carbocycles. The van der Waals surface area contributed by atoms with Crippen LogP contribution < -0.4 is 10.1 Å². The average Bonchev–Trinajstić information content (AvgIpc) is 3.17. The van der Waals surface area contributed by atoms with Crippen LogP contribution in [0.4, 0.5) is 4.39 Å². The zero-order valence-corrected chi connectivity index (χ0v) is 17.7. The summed E-state index contributed by atoms with van der Waals surface area (Å²) < 4.78 is 26.0. The number of aromatic nitrogens is 1. The number of nitrogens with zero attached hydrogens (tertiary/aromatic N) is 1. The highest BCUT2D eigenvalue weighted by Crippen LogP contribution is 2.33. The number of carbonyl (C=O) groups excluding carboxylic acids is 1. The van der Waals surface area contributed by atoms with Crippen LogP contribution in [-0.4, -0.2) is 18.0 Å². The molecule has 0 fully saturated rings. The molecule has 0 unspecified atom stereocenters. The minimum absolute atomic E-state index is 0.173. The minimum atomic E-state index is -0.346. The van der Waals surface area contributed by atoms with Gasteiger partial charge >= 0.3 is 0 Å². The number of hydrogen-bond acceptors (Lipinski definition) is 5. The van der Waals surface area contributed by atoms with Gasteiger partial charge in [0.05, 0.1) is 17.2 Å². The summed E-state index contributed by atoms with van der Waals surface area (Å²) in [5.74, 6) is 0.132. The molecule has 4 aromatic rings. The fourth-order valence-corrected chi connectivity index (χ4v) is 4.38. The molecular weight excluding hydrogens is 415 g/mol. The van der Waals surface area contributed by atoms with Crippen LogP contribution in [0.15, 0.2) is 66.9 Å². The lowest BCUT2D eigenvalue weighted by atomic mass is 10.1. The van der Waals surface area contributed by atoms with E-state index in [1.54, 1.807) is 12.3 Å². The summed E-state index contributed by atoms with van der Waals surface area (Å²) >= 11 is 1.27. The first-order valence-electron chi connectivity index (χ1n) is 9.74. The van der Waals surface area contributed by atoms with Gasteiger partial charge in [-0.25, -0.2) is 4.39 Å². The molecule has 5 nitrogen and oxygen atoms in total. The Morgan fingerprint density at radius 3 is 2.65 bits per heavy atom. The molecule has 158 valence electrons. The number of benzene rings is 2. The van der Waals surface area contributed by atoms with Crippen molar-refractivity contribution < 1.29 is 18.7 Å². The maximum Gasteiger partial charge on any atom is 0.262 e. The van der Waals surface area contributed by atoms with E-state index in [2.05, 4.69) is 10.3 Å². The Morgan fingerprint density at radius 2 is 1.90 bits per heavy atom. The van der Waals surface area contributed by atoms with Crippen molar-refractivity contribution in [3.05, 3.63) is 94.4 Å². The second-order valence-corrected chi connectivity index (χ2v) is 7.94. The molecular formula is C24H21FN2O3S. The molecule has 0 aliphatic rings. The number of ether oxygens (including phenoxy) is 2. The Morgan fingerprint density at radius 1 is 1.06 bits per heavy atom. The van der Waals surface area contributed by atoms with Crippen molar-refractivity contribution in [2.75, 3.05) is 7.11 Å². The molecule has 7 heteroatoms. The van der Waals surface area contributed by atoms with E-state index in [0.717, 1.165) is 21.7 Å². The molecule has 2 aromatic carbocycles. The Balaban J connectivity index is 1.41. The zero-order valence-electron chi connectivity index (χ0n) is 16.9. The van der Waals surface area contributed by atoms with Crippen molar-refractivity contribution in [3.8, 4) is 5.75 Å². The van der Waals surface area contributed by atoms with E-state index < -0.39 is 0 Å². The first-order chi connectivity index (χ1) is 15.2. The van der Waals surface area contributed by atoms with E-state index in [4.69, 9.17) is 9.47 Å². The lowest BCUT2D eigenvalue weighted by molar-refractivity contribution is 0.0950. The van der Waals surface area contributed by atoms with Crippen molar-refractivity contribution in [1.29, 1.82) is 0 Å². The summed E-state index contributed by atoms with van der Waals surface area (Å²) in [6.07, 6.45) is 1.73. The van der Waals surface area contributed by atoms with Gasteiger partial charge in [0, 0.05) is 35.5 Å². The average molecular weight is 437 g/mol. The van der Waals surface area contributed by atoms with E-state index in [9.17, 15) is 9.18 Å². The van der Waals surface area contributed by atoms with Crippen molar-refractivity contribution in [3.63, 3.8) is 0 Å². The summed E-state index contributed by atoms with van der Waals surface area (Å²) in [6, 6.07) is 18.0. The first-order valence-corrected chi connectivity index (χ1v) is 10.6. The van der Waals surface area contributed by atoms with Gasteiger partial charge in [0.15, 0.2) is 0 Å². The fourth-order valence-electron chi connectivity index (χ4n) is 3.24. The van der Waals surface area contributed by atoms with Crippen LogP contribution in [0.25, 0.3) is 10.1 Å². The standard InChI is InChI=1S/C24H21FN2O3S/c1-29-15-19-22-20(25)6-4-7-21(22)31-23(19)24(28)27-13-16-8-10-18(11-9-16)30-14-17-5-2-3-12-26-17/h2-12H,13-15H2,1H3,(H,27,28). The van der Waals surface area contributed by atoms with Gasteiger partial charge in [0.1, 0.15) is 18.2 Å². The van der Waals surface area contributed by atoms with E-state index >= 15 is 0 Å². The highest BCUT2D eigenvalue weighted by atomic mass is 32.1. The predicted octanol–water partition coefficient (Wildman–Crippen LogP) is 5.09. The molecule has 4 rings (SSSR count). The Hall–Kier alpha value is -3.29. The van der Waals surface area contributed by atoms with Crippen LogP contribution in [0.1, 0.15) is 26.5 Å². The summed E-state index contributed by atoms with van der Waals surface area (Å²) in [4.78, 5) is 17.5. The number of thiophene rings is 1. The molecule has 31 heavy (non-hydrogen) atoms. The molecule has 0 bridgehead atoms. The predicted molar refractivity (Wildman–Crippen MR) is 119 cm³/mol. The molecule has 0 radical (unpaired) electrons. The monoisotopic (exact) mass is 436 g/mol. The Kier molecular flexibility index (Phi) is 6.54. The molecule has 0 atom stereocenters. The highest BCUT2D eigenvalue weighted by Gasteiger charge is 2.20. The number of hydrogen-bond donors (Lipinski definition) is 1. The van der Waals surface area contributed by atoms with Crippen molar-refractivity contribution in [1.82, 2.24) is 10.3 Å². The summed E-state index contributed by atoms with van der Waals surface area (Å²) in [6.45, 7) is 0.913. The van der Waals surface area contributed by atoms with Crippen LogP contribution in [0.3, 0.4) is 0 Å². The molecule has 1 N–H and O–H groups in total. The van der Waals surface area contributed by atoms with Gasteiger partial charge in [0.25, 0.3) is 5.91 Å². The smallest absolute Gasteiger partial charge is 0.262 e. The van der Waals surface area contributed by atoms with Gasteiger partial charge in [-0.05, 0) is 42.0 Å². The quantitative estimate of drug-likeness (QED) is 0.418.